The maximum Gasteiger partial charge on any atom is 0.257 e. The molecule has 2 unspecified atom stereocenters. The molecule has 5 nitrogen and oxygen atoms in total. The van der Waals surface area contributed by atoms with Crippen LogP contribution in [0.5, 0.6) is 5.75 Å². The second kappa shape index (κ2) is 8.07. The lowest BCUT2D eigenvalue weighted by molar-refractivity contribution is -0.110. The van der Waals surface area contributed by atoms with Crippen molar-refractivity contribution >= 4 is 22.9 Å². The highest BCUT2D eigenvalue weighted by Gasteiger charge is 2.25. The third kappa shape index (κ3) is 3.90. The zero-order chi connectivity index (χ0) is 19.5. The molecule has 0 bridgehead atoms. The van der Waals surface area contributed by atoms with Gasteiger partial charge in [0.15, 0.2) is 0 Å². The summed E-state index contributed by atoms with van der Waals surface area (Å²) in [4.78, 5) is 12.3. The van der Waals surface area contributed by atoms with Crippen LogP contribution in [-0.4, -0.2) is 25.1 Å². The number of benzene rings is 2. The second-order valence-electron chi connectivity index (χ2n) is 7.61. The van der Waals surface area contributed by atoms with Crippen LogP contribution < -0.4 is 20.7 Å². The number of aryl methyl sites for hydroxylation is 1. The molecule has 2 atom stereocenters. The highest BCUT2D eigenvalue weighted by Crippen LogP contribution is 2.34. The number of amides is 1. The normalized spacial score (nSPS) is 21.1. The number of nitrogens with one attached hydrogen (secondary N) is 3. The Balaban J connectivity index is 1.41. The molecule has 2 aliphatic heterocycles. The number of carbonyl (C=O) groups is 1. The van der Waals surface area contributed by atoms with Gasteiger partial charge in [0.1, 0.15) is 5.75 Å². The standard InChI is InChI=1S/C23H27N3O2/c1-15-5-3-7-21-22(15)20(23(27)26-21)14-25-18-8-10-19(11-9-18)28-16(2)17-6-4-12-24-13-17/h3,5,7-11,14,16-17,24-25H,4,6,12-13H2,1-2H3,(H,26,27). The van der Waals surface area contributed by atoms with E-state index >= 15 is 0 Å². The minimum absolute atomic E-state index is 0.0772. The lowest BCUT2D eigenvalue weighted by Gasteiger charge is -2.28. The van der Waals surface area contributed by atoms with Gasteiger partial charge in [0.05, 0.1) is 11.7 Å². The SMILES string of the molecule is Cc1cccc2c1C(=CNc1ccc(OC(C)C3CCCNC3)cc1)C(=O)N2. The van der Waals surface area contributed by atoms with Crippen LogP contribution in [0.25, 0.3) is 5.57 Å². The van der Waals surface area contributed by atoms with Crippen LogP contribution in [0.2, 0.25) is 0 Å². The number of hydrogen-bond acceptors (Lipinski definition) is 4. The number of piperidine rings is 1. The molecule has 1 saturated heterocycles. The van der Waals surface area contributed by atoms with Crippen molar-refractivity contribution in [3.05, 3.63) is 59.8 Å². The summed E-state index contributed by atoms with van der Waals surface area (Å²) in [7, 11) is 0. The first kappa shape index (κ1) is 18.6. The second-order valence-corrected chi connectivity index (χ2v) is 7.61. The third-order valence-electron chi connectivity index (χ3n) is 5.59. The predicted molar refractivity (Wildman–Crippen MR) is 114 cm³/mol. The first-order valence-corrected chi connectivity index (χ1v) is 9.97. The molecule has 0 saturated carbocycles. The maximum atomic E-state index is 12.3. The van der Waals surface area contributed by atoms with Gasteiger partial charge in [0.25, 0.3) is 5.91 Å². The molecular formula is C23H27N3O2. The first-order valence-electron chi connectivity index (χ1n) is 9.97. The van der Waals surface area contributed by atoms with Gasteiger partial charge in [-0.1, -0.05) is 12.1 Å². The van der Waals surface area contributed by atoms with Crippen molar-refractivity contribution in [3.8, 4) is 5.75 Å². The zero-order valence-electron chi connectivity index (χ0n) is 16.4. The molecule has 5 heteroatoms. The van der Waals surface area contributed by atoms with E-state index in [2.05, 4.69) is 22.9 Å². The van der Waals surface area contributed by atoms with Gasteiger partial charge in [-0.2, -0.15) is 0 Å². The molecule has 1 fully saturated rings. The molecule has 2 aromatic carbocycles. The Bertz CT molecular complexity index is 883. The molecule has 146 valence electrons. The van der Waals surface area contributed by atoms with E-state index in [0.717, 1.165) is 41.3 Å². The van der Waals surface area contributed by atoms with Gasteiger partial charge in [-0.25, -0.2) is 0 Å². The fourth-order valence-electron chi connectivity index (χ4n) is 3.95. The summed E-state index contributed by atoms with van der Waals surface area (Å²) in [6.07, 6.45) is 4.40. The van der Waals surface area contributed by atoms with Crippen LogP contribution in [-0.2, 0) is 4.79 Å². The van der Waals surface area contributed by atoms with Crippen LogP contribution >= 0.6 is 0 Å². The molecule has 0 radical (unpaired) electrons. The Morgan fingerprint density at radius 1 is 1.21 bits per heavy atom. The number of anilines is 2. The largest absolute Gasteiger partial charge is 0.490 e. The van der Waals surface area contributed by atoms with Crippen molar-refractivity contribution in [1.82, 2.24) is 5.32 Å². The lowest BCUT2D eigenvalue weighted by Crippen LogP contribution is -2.37. The van der Waals surface area contributed by atoms with E-state index in [1.807, 2.05) is 49.4 Å². The lowest BCUT2D eigenvalue weighted by atomic mass is 9.95. The Kier molecular flexibility index (Phi) is 5.35. The zero-order valence-corrected chi connectivity index (χ0v) is 16.4. The highest BCUT2D eigenvalue weighted by atomic mass is 16.5. The Hall–Kier alpha value is -2.79. The molecular weight excluding hydrogens is 350 g/mol. The average Bonchev–Trinajstić information content (AvgIpc) is 3.04. The van der Waals surface area contributed by atoms with Crippen LogP contribution in [0.1, 0.15) is 30.9 Å². The van der Waals surface area contributed by atoms with E-state index < -0.39 is 0 Å². The first-order chi connectivity index (χ1) is 13.6. The molecule has 0 spiro atoms. The van der Waals surface area contributed by atoms with Gasteiger partial charge in [-0.05, 0) is 69.1 Å². The monoisotopic (exact) mass is 377 g/mol. The Morgan fingerprint density at radius 2 is 2.04 bits per heavy atom. The Morgan fingerprint density at radius 3 is 2.79 bits per heavy atom. The molecule has 4 rings (SSSR count). The minimum Gasteiger partial charge on any atom is -0.490 e. The van der Waals surface area contributed by atoms with Crippen molar-refractivity contribution in [2.45, 2.75) is 32.8 Å². The fourth-order valence-corrected chi connectivity index (χ4v) is 3.95. The van der Waals surface area contributed by atoms with Crippen molar-refractivity contribution in [2.75, 3.05) is 23.7 Å². The van der Waals surface area contributed by atoms with Crippen LogP contribution in [0.15, 0.2) is 48.7 Å². The fraction of sp³-hybridized carbons (Fsp3) is 0.348. The van der Waals surface area contributed by atoms with Crippen molar-refractivity contribution in [2.24, 2.45) is 5.92 Å². The number of hydrogen-bond donors (Lipinski definition) is 3. The highest BCUT2D eigenvalue weighted by molar-refractivity contribution is 6.32. The van der Waals surface area contributed by atoms with Gasteiger partial charge in [0, 0.05) is 35.6 Å². The molecule has 1 amide bonds. The van der Waals surface area contributed by atoms with E-state index in [-0.39, 0.29) is 12.0 Å². The summed E-state index contributed by atoms with van der Waals surface area (Å²) < 4.78 is 6.12. The summed E-state index contributed by atoms with van der Waals surface area (Å²) in [6, 6.07) is 13.8. The van der Waals surface area contributed by atoms with E-state index in [1.54, 1.807) is 6.20 Å². The number of ether oxygens (including phenoxy) is 1. The van der Waals surface area contributed by atoms with Crippen molar-refractivity contribution in [3.63, 3.8) is 0 Å². The van der Waals surface area contributed by atoms with Gasteiger partial charge < -0.3 is 20.7 Å². The summed E-state index contributed by atoms with van der Waals surface area (Å²) in [5.74, 6) is 1.35. The smallest absolute Gasteiger partial charge is 0.257 e. The molecule has 3 N–H and O–H groups in total. The van der Waals surface area contributed by atoms with E-state index in [9.17, 15) is 4.79 Å². The molecule has 2 aliphatic rings. The van der Waals surface area contributed by atoms with Gasteiger partial charge in [-0.15, -0.1) is 0 Å². The third-order valence-corrected chi connectivity index (χ3v) is 5.59. The summed E-state index contributed by atoms with van der Waals surface area (Å²) in [6.45, 7) is 6.30. The van der Waals surface area contributed by atoms with Gasteiger partial charge in [0.2, 0.25) is 0 Å². The molecule has 0 aliphatic carbocycles. The number of carbonyl (C=O) groups excluding carboxylic acids is 1. The molecule has 0 aromatic heterocycles. The summed E-state index contributed by atoms with van der Waals surface area (Å²) in [5.41, 5.74) is 4.50. The van der Waals surface area contributed by atoms with Crippen LogP contribution in [0.4, 0.5) is 11.4 Å². The van der Waals surface area contributed by atoms with Crippen molar-refractivity contribution < 1.29 is 9.53 Å². The van der Waals surface area contributed by atoms with Crippen LogP contribution in [0, 0.1) is 12.8 Å². The molecule has 2 aromatic rings. The predicted octanol–water partition coefficient (Wildman–Crippen LogP) is 4.17. The number of rotatable bonds is 5. The van der Waals surface area contributed by atoms with E-state index in [0.29, 0.717) is 11.5 Å². The molecule has 28 heavy (non-hydrogen) atoms. The molecule has 2 heterocycles. The quantitative estimate of drug-likeness (QED) is 0.685. The number of fused-ring (bicyclic) bond motifs is 1. The van der Waals surface area contributed by atoms with Gasteiger partial charge in [-0.3, -0.25) is 4.79 Å². The van der Waals surface area contributed by atoms with Crippen molar-refractivity contribution in [1.29, 1.82) is 0 Å². The van der Waals surface area contributed by atoms with Gasteiger partial charge >= 0.3 is 0 Å². The average molecular weight is 377 g/mol. The minimum atomic E-state index is -0.0772. The van der Waals surface area contributed by atoms with E-state index in [4.69, 9.17) is 4.74 Å². The van der Waals surface area contributed by atoms with E-state index in [1.165, 1.54) is 12.8 Å². The summed E-state index contributed by atoms with van der Waals surface area (Å²) in [5, 5.41) is 9.59. The van der Waals surface area contributed by atoms with Crippen LogP contribution in [0.3, 0.4) is 0 Å². The summed E-state index contributed by atoms with van der Waals surface area (Å²) >= 11 is 0. The Labute approximate surface area is 166 Å². The maximum absolute atomic E-state index is 12.3. The topological polar surface area (TPSA) is 62.4 Å².